The van der Waals surface area contributed by atoms with Crippen molar-refractivity contribution in [3.05, 3.63) is 95.1 Å². The van der Waals surface area contributed by atoms with Crippen molar-refractivity contribution in [3.63, 3.8) is 0 Å². The third-order valence-corrected chi connectivity index (χ3v) is 5.69. The van der Waals surface area contributed by atoms with Gasteiger partial charge in [0.25, 0.3) is 0 Å². The van der Waals surface area contributed by atoms with Crippen LogP contribution >= 0.6 is 0 Å². The Kier molecular flexibility index (Phi) is 4.19. The van der Waals surface area contributed by atoms with Gasteiger partial charge < -0.3 is 4.90 Å². The van der Waals surface area contributed by atoms with Gasteiger partial charge in [0.1, 0.15) is 0 Å². The third kappa shape index (κ3) is 2.60. The Balaban J connectivity index is 2.05. The molecule has 25 heavy (non-hydrogen) atoms. The van der Waals surface area contributed by atoms with Gasteiger partial charge in [-0.25, -0.2) is 0 Å². The molecule has 1 heteroatoms. The highest BCUT2D eigenvalue weighted by Crippen LogP contribution is 2.49. The number of hydrogen-bond donors (Lipinski definition) is 0. The highest BCUT2D eigenvalue weighted by atomic mass is 15.1. The predicted octanol–water partition coefficient (Wildman–Crippen LogP) is 5.29. The van der Waals surface area contributed by atoms with Crippen molar-refractivity contribution in [1.82, 2.24) is 4.90 Å². The average molecular weight is 327 g/mol. The van der Waals surface area contributed by atoms with E-state index < -0.39 is 0 Å². The Labute approximate surface area is 151 Å². The molecule has 2 aliphatic rings. The molecule has 126 valence electrons. The minimum Gasteiger partial charge on any atom is -0.302 e. The van der Waals surface area contributed by atoms with Gasteiger partial charge in [0.05, 0.1) is 0 Å². The van der Waals surface area contributed by atoms with Crippen LogP contribution in [0.2, 0.25) is 0 Å². The zero-order valence-electron chi connectivity index (χ0n) is 14.9. The van der Waals surface area contributed by atoms with Crippen molar-refractivity contribution in [3.8, 4) is 0 Å². The lowest BCUT2D eigenvalue weighted by atomic mass is 9.64. The summed E-state index contributed by atoms with van der Waals surface area (Å²) >= 11 is 0. The Hall–Kier alpha value is -2.38. The standard InChI is InChI=1S/C24H25N/c1-3-16-24(21-14-17-25(2)18-15-21)22-10-6-4-8-19(22)12-13-20-9-5-7-11-23(20)24/h3-14H,1,15-18H2,2H3. The largest absolute Gasteiger partial charge is 0.302 e. The summed E-state index contributed by atoms with van der Waals surface area (Å²) < 4.78 is 0. The highest BCUT2D eigenvalue weighted by molar-refractivity contribution is 5.79. The Morgan fingerprint density at radius 3 is 2.12 bits per heavy atom. The molecule has 2 aromatic rings. The first-order chi connectivity index (χ1) is 12.3. The van der Waals surface area contributed by atoms with E-state index in [1.54, 1.807) is 0 Å². The molecule has 0 atom stereocenters. The summed E-state index contributed by atoms with van der Waals surface area (Å²) in [4.78, 5) is 2.39. The van der Waals surface area contributed by atoms with Crippen molar-refractivity contribution in [2.75, 3.05) is 20.1 Å². The van der Waals surface area contributed by atoms with Crippen LogP contribution in [0.15, 0.2) is 72.8 Å². The molecule has 0 amide bonds. The maximum absolute atomic E-state index is 4.13. The van der Waals surface area contributed by atoms with Gasteiger partial charge in [0.2, 0.25) is 0 Å². The van der Waals surface area contributed by atoms with Gasteiger partial charge in [-0.2, -0.15) is 0 Å². The average Bonchev–Trinajstić information content (AvgIpc) is 2.79. The van der Waals surface area contributed by atoms with E-state index in [1.165, 1.54) is 27.8 Å². The number of hydrogen-bond acceptors (Lipinski definition) is 1. The Morgan fingerprint density at radius 1 is 1.00 bits per heavy atom. The number of allylic oxidation sites excluding steroid dienone is 1. The Bertz CT molecular complexity index is 806. The van der Waals surface area contributed by atoms with E-state index >= 15 is 0 Å². The van der Waals surface area contributed by atoms with Gasteiger partial charge in [0, 0.05) is 18.5 Å². The first kappa shape index (κ1) is 16.1. The first-order valence-electron chi connectivity index (χ1n) is 9.12. The van der Waals surface area contributed by atoms with E-state index in [0.29, 0.717) is 0 Å². The molecule has 0 unspecified atom stereocenters. The van der Waals surface area contributed by atoms with Crippen LogP contribution in [0.1, 0.15) is 35.1 Å². The second-order valence-corrected chi connectivity index (χ2v) is 7.15. The monoisotopic (exact) mass is 327 g/mol. The summed E-state index contributed by atoms with van der Waals surface area (Å²) in [5.41, 5.74) is 6.88. The van der Waals surface area contributed by atoms with E-state index in [-0.39, 0.29) is 5.41 Å². The van der Waals surface area contributed by atoms with Crippen LogP contribution in [0.4, 0.5) is 0 Å². The number of fused-ring (bicyclic) bond motifs is 2. The smallest absolute Gasteiger partial charge is 0.0458 e. The molecule has 1 aliphatic carbocycles. The summed E-state index contributed by atoms with van der Waals surface area (Å²) in [6.45, 7) is 6.26. The van der Waals surface area contributed by atoms with Crippen LogP contribution < -0.4 is 0 Å². The van der Waals surface area contributed by atoms with E-state index in [9.17, 15) is 0 Å². The van der Waals surface area contributed by atoms with Crippen LogP contribution in [0, 0.1) is 0 Å². The molecule has 4 rings (SSSR count). The number of likely N-dealkylation sites (N-methyl/N-ethyl adjacent to an activating group) is 1. The van der Waals surface area contributed by atoms with Crippen LogP contribution in [0.3, 0.4) is 0 Å². The van der Waals surface area contributed by atoms with Crippen molar-refractivity contribution < 1.29 is 0 Å². The van der Waals surface area contributed by atoms with Crippen LogP contribution in [0.5, 0.6) is 0 Å². The maximum Gasteiger partial charge on any atom is 0.0458 e. The summed E-state index contributed by atoms with van der Waals surface area (Å²) in [6.07, 6.45) is 11.1. The fraction of sp³-hybridized carbons (Fsp3) is 0.250. The molecule has 0 bridgehead atoms. The highest BCUT2D eigenvalue weighted by Gasteiger charge is 2.40. The molecule has 1 aliphatic heterocycles. The quantitative estimate of drug-likeness (QED) is 0.692. The molecule has 0 aromatic heterocycles. The SMILES string of the molecule is C=CCC1(C2=CCN(C)CC2)c2ccccc2C=Cc2ccccc21. The second kappa shape index (κ2) is 6.50. The van der Waals surface area contributed by atoms with Crippen LogP contribution in [-0.4, -0.2) is 25.0 Å². The van der Waals surface area contributed by atoms with Crippen molar-refractivity contribution in [1.29, 1.82) is 0 Å². The molecule has 0 radical (unpaired) electrons. The summed E-state index contributed by atoms with van der Waals surface area (Å²) in [7, 11) is 2.20. The molecule has 0 fully saturated rings. The van der Waals surface area contributed by atoms with Gasteiger partial charge in [-0.3, -0.25) is 0 Å². The first-order valence-corrected chi connectivity index (χ1v) is 9.12. The van der Waals surface area contributed by atoms with Gasteiger partial charge in [-0.15, -0.1) is 6.58 Å². The zero-order chi connectivity index (χ0) is 17.3. The molecule has 0 N–H and O–H groups in total. The van der Waals surface area contributed by atoms with E-state index in [2.05, 4.69) is 91.4 Å². The van der Waals surface area contributed by atoms with Gasteiger partial charge >= 0.3 is 0 Å². The second-order valence-electron chi connectivity index (χ2n) is 7.15. The summed E-state index contributed by atoms with van der Waals surface area (Å²) in [5.74, 6) is 0. The molecule has 0 saturated heterocycles. The fourth-order valence-electron chi connectivity index (χ4n) is 4.46. The third-order valence-electron chi connectivity index (χ3n) is 5.69. The number of nitrogens with zero attached hydrogens (tertiary/aromatic N) is 1. The van der Waals surface area contributed by atoms with E-state index in [1.807, 2.05) is 0 Å². The molecular weight excluding hydrogens is 302 g/mol. The predicted molar refractivity (Wildman–Crippen MR) is 108 cm³/mol. The molecule has 1 heterocycles. The van der Waals surface area contributed by atoms with E-state index in [4.69, 9.17) is 0 Å². The van der Waals surface area contributed by atoms with E-state index in [0.717, 1.165) is 25.9 Å². The lowest BCUT2D eigenvalue weighted by Gasteiger charge is -2.41. The Morgan fingerprint density at radius 2 is 1.60 bits per heavy atom. The summed E-state index contributed by atoms with van der Waals surface area (Å²) in [6, 6.07) is 17.7. The fourth-order valence-corrected chi connectivity index (χ4v) is 4.46. The van der Waals surface area contributed by atoms with Gasteiger partial charge in [0.15, 0.2) is 0 Å². The summed E-state index contributed by atoms with van der Waals surface area (Å²) in [5, 5.41) is 0. The normalized spacial score (nSPS) is 18.7. The van der Waals surface area contributed by atoms with Crippen LogP contribution in [0.25, 0.3) is 12.2 Å². The van der Waals surface area contributed by atoms with Crippen molar-refractivity contribution in [2.24, 2.45) is 0 Å². The maximum atomic E-state index is 4.13. The number of rotatable bonds is 3. The lowest BCUT2D eigenvalue weighted by molar-refractivity contribution is 0.345. The van der Waals surface area contributed by atoms with Crippen molar-refractivity contribution >= 4 is 12.2 Å². The van der Waals surface area contributed by atoms with Gasteiger partial charge in [-0.1, -0.05) is 78.4 Å². The minimum absolute atomic E-state index is 0.111. The molecule has 0 saturated carbocycles. The number of benzene rings is 2. The lowest BCUT2D eigenvalue weighted by Crippen LogP contribution is -2.36. The van der Waals surface area contributed by atoms with Crippen molar-refractivity contribution in [2.45, 2.75) is 18.3 Å². The minimum atomic E-state index is -0.111. The molecular formula is C24H25N. The zero-order valence-corrected chi connectivity index (χ0v) is 14.9. The van der Waals surface area contributed by atoms with Gasteiger partial charge in [-0.05, 0) is 42.1 Å². The topological polar surface area (TPSA) is 3.24 Å². The van der Waals surface area contributed by atoms with Crippen LogP contribution in [-0.2, 0) is 5.41 Å². The molecule has 2 aromatic carbocycles. The molecule has 0 spiro atoms. The molecule has 1 nitrogen and oxygen atoms in total.